The fraction of sp³-hybridized carbons (Fsp3) is 0.545. The lowest BCUT2D eigenvalue weighted by Crippen LogP contribution is -2.39. The van der Waals surface area contributed by atoms with Crippen LogP contribution in [0.2, 0.25) is 5.02 Å². The van der Waals surface area contributed by atoms with Gasteiger partial charge in [-0.25, -0.2) is 9.97 Å². The summed E-state index contributed by atoms with van der Waals surface area (Å²) in [6, 6.07) is 4.11. The van der Waals surface area contributed by atoms with Crippen molar-refractivity contribution in [3.8, 4) is 6.01 Å². The van der Waals surface area contributed by atoms with Crippen molar-refractivity contribution in [2.45, 2.75) is 50.2 Å². The van der Waals surface area contributed by atoms with Crippen LogP contribution in [-0.2, 0) is 0 Å². The number of carbonyl (C=O) groups excluding carboxylic acids is 1. The summed E-state index contributed by atoms with van der Waals surface area (Å²) in [6.07, 6.45) is 8.38. The molecule has 0 N–H and O–H groups in total. The number of halogens is 1. The highest BCUT2D eigenvalue weighted by atomic mass is 35.5. The van der Waals surface area contributed by atoms with Gasteiger partial charge in [0.1, 0.15) is 16.9 Å². The average molecular weight is 462 g/mol. The smallest absolute Gasteiger partial charge is 0.317 e. The molecule has 4 rings (SSSR count). The Morgan fingerprint density at radius 2 is 2.00 bits per heavy atom. The Kier molecular flexibility index (Phi) is 7.50. The molecule has 2 aromatic rings. The number of likely N-dealkylation sites (tertiary alicyclic amines) is 1. The third kappa shape index (κ3) is 5.60. The number of ether oxygens (including phenoxy) is 1. The molecule has 0 aromatic carbocycles. The third-order valence-electron chi connectivity index (χ3n) is 5.54. The second kappa shape index (κ2) is 10.5. The van der Waals surface area contributed by atoms with Crippen LogP contribution in [0.15, 0.2) is 29.6 Å². The second-order valence-electron chi connectivity index (χ2n) is 7.86. The molecular weight excluding hydrogens is 434 g/mol. The van der Waals surface area contributed by atoms with Crippen molar-refractivity contribution >= 4 is 35.1 Å². The van der Waals surface area contributed by atoms with E-state index in [1.807, 2.05) is 11.0 Å². The summed E-state index contributed by atoms with van der Waals surface area (Å²) in [4.78, 5) is 29.9. The monoisotopic (exact) mass is 461 g/mol. The molecule has 2 aromatic heterocycles. The van der Waals surface area contributed by atoms with Gasteiger partial charge in [-0.05, 0) is 37.1 Å². The third-order valence-corrected chi connectivity index (χ3v) is 6.95. The van der Waals surface area contributed by atoms with E-state index in [0.29, 0.717) is 16.6 Å². The normalized spacial score (nSPS) is 17.2. The molecule has 9 heteroatoms. The topological polar surface area (TPSA) is 71.5 Å². The van der Waals surface area contributed by atoms with Crippen LogP contribution in [0.1, 0.15) is 49.4 Å². The summed E-state index contributed by atoms with van der Waals surface area (Å²) in [5.74, 6) is 1.78. The lowest BCUT2D eigenvalue weighted by molar-refractivity contribution is 0.0792. The molecule has 2 fully saturated rings. The molecule has 0 radical (unpaired) electrons. The molecule has 0 saturated carbocycles. The van der Waals surface area contributed by atoms with Gasteiger partial charge >= 0.3 is 6.01 Å². The van der Waals surface area contributed by atoms with Crippen LogP contribution in [0.5, 0.6) is 6.01 Å². The van der Waals surface area contributed by atoms with E-state index in [4.69, 9.17) is 16.3 Å². The Hall–Kier alpha value is -2.06. The van der Waals surface area contributed by atoms with Crippen molar-refractivity contribution < 1.29 is 9.53 Å². The number of hydrogen-bond acceptors (Lipinski definition) is 7. The maximum atomic E-state index is 12.6. The second-order valence-corrected chi connectivity index (χ2v) is 9.38. The van der Waals surface area contributed by atoms with Crippen molar-refractivity contribution in [3.05, 3.63) is 35.1 Å². The van der Waals surface area contributed by atoms with Crippen LogP contribution >= 0.6 is 23.4 Å². The number of aromatic nitrogens is 3. The first-order chi connectivity index (χ1) is 15.1. The largest absolute Gasteiger partial charge is 0.460 e. The summed E-state index contributed by atoms with van der Waals surface area (Å²) in [5, 5.41) is 1.47. The van der Waals surface area contributed by atoms with Crippen LogP contribution in [0.25, 0.3) is 0 Å². The fourth-order valence-electron chi connectivity index (χ4n) is 3.89. The summed E-state index contributed by atoms with van der Waals surface area (Å²) in [5.41, 5.74) is 0.562. The fourth-order valence-corrected chi connectivity index (χ4v) is 4.89. The lowest BCUT2D eigenvalue weighted by Gasteiger charge is -2.33. The molecule has 0 spiro atoms. The number of anilines is 1. The number of nitrogens with zero attached hydrogens (tertiary/aromatic N) is 5. The molecule has 4 heterocycles. The molecular formula is C22H28ClN5O2S. The van der Waals surface area contributed by atoms with E-state index in [1.54, 1.807) is 30.2 Å². The number of thioether (sulfide) groups is 1. The van der Waals surface area contributed by atoms with Crippen molar-refractivity contribution in [1.82, 2.24) is 19.9 Å². The highest BCUT2D eigenvalue weighted by Crippen LogP contribution is 2.28. The molecule has 31 heavy (non-hydrogen) atoms. The van der Waals surface area contributed by atoms with Crippen LogP contribution in [0, 0.1) is 0 Å². The molecule has 1 amide bonds. The zero-order chi connectivity index (χ0) is 21.6. The van der Waals surface area contributed by atoms with E-state index in [0.717, 1.165) is 74.9 Å². The number of pyridine rings is 1. The average Bonchev–Trinajstić information content (AvgIpc) is 3.33. The van der Waals surface area contributed by atoms with E-state index in [1.165, 1.54) is 0 Å². The van der Waals surface area contributed by atoms with Gasteiger partial charge in [0.25, 0.3) is 5.91 Å². The number of carbonyl (C=O) groups is 1. The van der Waals surface area contributed by atoms with Crippen molar-refractivity contribution in [1.29, 1.82) is 0 Å². The van der Waals surface area contributed by atoms with Gasteiger partial charge in [-0.3, -0.25) is 4.79 Å². The minimum atomic E-state index is 0.0184. The first-order valence-electron chi connectivity index (χ1n) is 11.0. The van der Waals surface area contributed by atoms with Crippen LogP contribution in [-0.4, -0.2) is 63.8 Å². The maximum absolute atomic E-state index is 12.6. The Morgan fingerprint density at radius 1 is 1.23 bits per heavy atom. The SMILES string of the molecule is CCCSc1ccnc(OC2CCN(c3ncc(C(=O)N4CCCC4)cc3Cl)CC2)n1. The van der Waals surface area contributed by atoms with E-state index in [9.17, 15) is 4.79 Å². The Balaban J connectivity index is 1.33. The first-order valence-corrected chi connectivity index (χ1v) is 12.3. The van der Waals surface area contributed by atoms with Crippen LogP contribution < -0.4 is 9.64 Å². The van der Waals surface area contributed by atoms with Crippen molar-refractivity contribution in [2.75, 3.05) is 36.8 Å². The zero-order valence-corrected chi connectivity index (χ0v) is 19.4. The van der Waals surface area contributed by atoms with Gasteiger partial charge in [0, 0.05) is 51.4 Å². The first kappa shape index (κ1) is 22.1. The Morgan fingerprint density at radius 3 is 2.71 bits per heavy atom. The Labute approximate surface area is 192 Å². The molecule has 166 valence electrons. The molecule has 0 unspecified atom stereocenters. The number of rotatable bonds is 7. The molecule has 7 nitrogen and oxygen atoms in total. The number of piperidine rings is 1. The molecule has 2 saturated heterocycles. The molecule has 0 bridgehead atoms. The quantitative estimate of drug-likeness (QED) is 0.449. The van der Waals surface area contributed by atoms with E-state index in [2.05, 4.69) is 26.8 Å². The van der Waals surface area contributed by atoms with Gasteiger partial charge in [0.15, 0.2) is 0 Å². The molecule has 0 aliphatic carbocycles. The van der Waals surface area contributed by atoms with Crippen LogP contribution in [0.3, 0.4) is 0 Å². The predicted octanol–water partition coefficient (Wildman–Crippen LogP) is 4.31. The minimum absolute atomic E-state index is 0.0184. The van der Waals surface area contributed by atoms with Gasteiger partial charge in [-0.2, -0.15) is 4.98 Å². The summed E-state index contributed by atoms with van der Waals surface area (Å²) in [6.45, 7) is 5.34. The Bertz CT molecular complexity index is 901. The van der Waals surface area contributed by atoms with Gasteiger partial charge in [0.05, 0.1) is 10.6 Å². The molecule has 0 atom stereocenters. The summed E-state index contributed by atoms with van der Waals surface area (Å²) >= 11 is 8.23. The highest BCUT2D eigenvalue weighted by Gasteiger charge is 2.25. The standard InChI is InChI=1S/C22H28ClN5O2S/c1-2-13-31-19-5-8-24-22(26-19)30-17-6-11-27(12-7-17)20-18(23)14-16(15-25-20)21(29)28-9-3-4-10-28/h5,8,14-15,17H,2-4,6-7,9-13H2,1H3. The molecule has 2 aliphatic heterocycles. The van der Waals surface area contributed by atoms with Gasteiger partial charge in [-0.1, -0.05) is 18.5 Å². The highest BCUT2D eigenvalue weighted by molar-refractivity contribution is 7.99. The lowest BCUT2D eigenvalue weighted by atomic mass is 10.1. The van der Waals surface area contributed by atoms with E-state index in [-0.39, 0.29) is 12.0 Å². The summed E-state index contributed by atoms with van der Waals surface area (Å²) in [7, 11) is 0. The van der Waals surface area contributed by atoms with Crippen molar-refractivity contribution in [2.24, 2.45) is 0 Å². The van der Waals surface area contributed by atoms with E-state index < -0.39 is 0 Å². The summed E-state index contributed by atoms with van der Waals surface area (Å²) < 4.78 is 6.03. The van der Waals surface area contributed by atoms with Gasteiger partial charge in [-0.15, -0.1) is 11.8 Å². The molecule has 2 aliphatic rings. The minimum Gasteiger partial charge on any atom is -0.460 e. The number of hydrogen-bond donors (Lipinski definition) is 0. The van der Waals surface area contributed by atoms with E-state index >= 15 is 0 Å². The zero-order valence-electron chi connectivity index (χ0n) is 17.8. The number of amides is 1. The van der Waals surface area contributed by atoms with Gasteiger partial charge in [0.2, 0.25) is 0 Å². The maximum Gasteiger partial charge on any atom is 0.317 e. The van der Waals surface area contributed by atoms with Gasteiger partial charge < -0.3 is 14.5 Å². The predicted molar refractivity (Wildman–Crippen MR) is 123 cm³/mol. The van der Waals surface area contributed by atoms with Crippen LogP contribution in [0.4, 0.5) is 5.82 Å². The van der Waals surface area contributed by atoms with Crippen molar-refractivity contribution in [3.63, 3.8) is 0 Å².